The van der Waals surface area contributed by atoms with E-state index >= 15 is 0 Å². The molecule has 0 bridgehead atoms. The number of hydrogen-bond acceptors (Lipinski definition) is 2. The second-order valence-electron chi connectivity index (χ2n) is 6.01. The summed E-state index contributed by atoms with van der Waals surface area (Å²) in [7, 11) is 0. The van der Waals surface area contributed by atoms with Crippen molar-refractivity contribution in [2.45, 2.75) is 45.8 Å². The number of piperidine rings is 1. The summed E-state index contributed by atoms with van der Waals surface area (Å²) in [5.41, 5.74) is 2.81. The molecule has 0 unspecified atom stereocenters. The first-order chi connectivity index (χ1) is 9.04. The van der Waals surface area contributed by atoms with E-state index in [4.69, 9.17) is 4.74 Å². The molecule has 2 aliphatic heterocycles. The van der Waals surface area contributed by atoms with Crippen LogP contribution in [0.5, 0.6) is 0 Å². The van der Waals surface area contributed by atoms with E-state index in [2.05, 4.69) is 11.9 Å². The number of H-pyrrole nitrogens is 1. The van der Waals surface area contributed by atoms with Gasteiger partial charge in [0.1, 0.15) is 0 Å². The average Bonchev–Trinajstić information content (AvgIpc) is 2.88. The Hall–Kier alpha value is -1.29. The Bertz CT molecular complexity index is 494. The largest absolute Gasteiger partial charge is 0.373 e. The number of aromatic amines is 1. The summed E-state index contributed by atoms with van der Waals surface area (Å²) >= 11 is 0. The van der Waals surface area contributed by atoms with Crippen molar-refractivity contribution in [2.75, 3.05) is 13.1 Å². The van der Waals surface area contributed by atoms with Crippen LogP contribution in [-0.4, -0.2) is 41.1 Å². The third kappa shape index (κ3) is 2.29. The smallest absolute Gasteiger partial charge is 0.255 e. The number of hydrogen-bond donors (Lipinski definition) is 1. The van der Waals surface area contributed by atoms with E-state index in [1.54, 1.807) is 0 Å². The molecule has 3 atom stereocenters. The molecule has 19 heavy (non-hydrogen) atoms. The van der Waals surface area contributed by atoms with Crippen LogP contribution < -0.4 is 0 Å². The van der Waals surface area contributed by atoms with Gasteiger partial charge in [-0.3, -0.25) is 4.79 Å². The van der Waals surface area contributed by atoms with Crippen molar-refractivity contribution >= 4 is 5.91 Å². The number of nitrogens with zero attached hydrogens (tertiary/aromatic N) is 1. The highest BCUT2D eigenvalue weighted by Gasteiger charge is 2.38. The van der Waals surface area contributed by atoms with Gasteiger partial charge in [-0.2, -0.15) is 0 Å². The van der Waals surface area contributed by atoms with Gasteiger partial charge in [0, 0.05) is 24.5 Å². The van der Waals surface area contributed by atoms with Gasteiger partial charge in [0.2, 0.25) is 0 Å². The maximum atomic E-state index is 12.6. The zero-order valence-corrected chi connectivity index (χ0v) is 11.9. The summed E-state index contributed by atoms with van der Waals surface area (Å²) < 4.78 is 5.92. The lowest BCUT2D eigenvalue weighted by molar-refractivity contribution is 0.00154. The highest BCUT2D eigenvalue weighted by Crippen LogP contribution is 2.33. The van der Waals surface area contributed by atoms with Crippen LogP contribution in [0, 0.1) is 19.8 Å². The standard InChI is InChI=1S/C15H22N2O2/c1-9-6-13(11(3)16-9)15(18)17-5-4-12-7-10(2)19-14(12)8-17/h6,10,12,14,16H,4-5,7-8H2,1-3H3/t10-,12-,14+/m1/s1. The minimum absolute atomic E-state index is 0.142. The van der Waals surface area contributed by atoms with E-state index in [-0.39, 0.29) is 12.0 Å². The molecule has 3 rings (SSSR count). The molecule has 0 saturated carbocycles. The van der Waals surface area contributed by atoms with Crippen molar-refractivity contribution in [3.8, 4) is 0 Å². The zero-order chi connectivity index (χ0) is 13.6. The fourth-order valence-corrected chi connectivity index (χ4v) is 3.47. The summed E-state index contributed by atoms with van der Waals surface area (Å²) in [6.07, 6.45) is 2.81. The van der Waals surface area contributed by atoms with E-state index in [1.165, 1.54) is 0 Å². The minimum Gasteiger partial charge on any atom is -0.373 e. The van der Waals surface area contributed by atoms with Crippen molar-refractivity contribution in [1.29, 1.82) is 0 Å². The van der Waals surface area contributed by atoms with Crippen molar-refractivity contribution in [3.05, 3.63) is 23.0 Å². The predicted molar refractivity (Wildman–Crippen MR) is 73.2 cm³/mol. The van der Waals surface area contributed by atoms with Crippen LogP contribution in [0.3, 0.4) is 0 Å². The fraction of sp³-hybridized carbons (Fsp3) is 0.667. The number of amides is 1. The first-order valence-corrected chi connectivity index (χ1v) is 7.15. The summed E-state index contributed by atoms with van der Waals surface area (Å²) in [5.74, 6) is 0.788. The Kier molecular flexibility index (Phi) is 3.13. The number of aryl methyl sites for hydroxylation is 2. The lowest BCUT2D eigenvalue weighted by Crippen LogP contribution is -2.45. The van der Waals surface area contributed by atoms with Gasteiger partial charge in [-0.15, -0.1) is 0 Å². The van der Waals surface area contributed by atoms with Gasteiger partial charge >= 0.3 is 0 Å². The fourth-order valence-electron chi connectivity index (χ4n) is 3.47. The minimum atomic E-state index is 0.142. The molecular weight excluding hydrogens is 240 g/mol. The first-order valence-electron chi connectivity index (χ1n) is 7.15. The maximum absolute atomic E-state index is 12.6. The molecule has 1 N–H and O–H groups in total. The van der Waals surface area contributed by atoms with Crippen LogP contribution in [0.2, 0.25) is 0 Å². The van der Waals surface area contributed by atoms with Gasteiger partial charge < -0.3 is 14.6 Å². The van der Waals surface area contributed by atoms with Crippen LogP contribution >= 0.6 is 0 Å². The lowest BCUT2D eigenvalue weighted by Gasteiger charge is -2.34. The van der Waals surface area contributed by atoms with Crippen LogP contribution in [0.15, 0.2) is 6.07 Å². The summed E-state index contributed by atoms with van der Waals surface area (Å²) in [6, 6.07) is 1.95. The number of rotatable bonds is 1. The number of carbonyl (C=O) groups is 1. The second kappa shape index (κ2) is 4.67. The van der Waals surface area contributed by atoms with E-state index in [0.29, 0.717) is 12.0 Å². The maximum Gasteiger partial charge on any atom is 0.255 e. The average molecular weight is 262 g/mol. The Morgan fingerprint density at radius 3 is 2.95 bits per heavy atom. The molecule has 104 valence electrons. The van der Waals surface area contributed by atoms with Gasteiger partial charge in [0.25, 0.3) is 5.91 Å². The topological polar surface area (TPSA) is 45.3 Å². The highest BCUT2D eigenvalue weighted by atomic mass is 16.5. The van der Waals surface area contributed by atoms with E-state index in [9.17, 15) is 4.79 Å². The molecule has 4 nitrogen and oxygen atoms in total. The Morgan fingerprint density at radius 1 is 1.47 bits per heavy atom. The van der Waals surface area contributed by atoms with Crippen molar-refractivity contribution in [1.82, 2.24) is 9.88 Å². The molecule has 1 amide bonds. The van der Waals surface area contributed by atoms with Gasteiger partial charge in [-0.1, -0.05) is 0 Å². The summed E-state index contributed by atoms with van der Waals surface area (Å²) in [5, 5.41) is 0. The second-order valence-corrected chi connectivity index (χ2v) is 6.01. The molecule has 0 aromatic carbocycles. The lowest BCUT2D eigenvalue weighted by atomic mass is 9.92. The molecule has 1 aromatic rings. The summed E-state index contributed by atoms with van der Waals surface area (Å²) in [4.78, 5) is 17.7. The third-order valence-electron chi connectivity index (χ3n) is 4.40. The molecule has 2 saturated heterocycles. The number of fused-ring (bicyclic) bond motifs is 1. The molecule has 0 aliphatic carbocycles. The molecule has 1 aromatic heterocycles. The van der Waals surface area contributed by atoms with Crippen LogP contribution in [0.4, 0.5) is 0 Å². The van der Waals surface area contributed by atoms with Gasteiger partial charge in [0.05, 0.1) is 17.8 Å². The first kappa shape index (κ1) is 12.7. The van der Waals surface area contributed by atoms with Crippen LogP contribution in [0.1, 0.15) is 41.5 Å². The molecule has 4 heteroatoms. The molecule has 0 radical (unpaired) electrons. The normalized spacial score (nSPS) is 30.5. The number of aromatic nitrogens is 1. The Labute approximate surface area is 114 Å². The van der Waals surface area contributed by atoms with Crippen molar-refractivity contribution < 1.29 is 9.53 Å². The van der Waals surface area contributed by atoms with Crippen LogP contribution in [0.25, 0.3) is 0 Å². The number of likely N-dealkylation sites (tertiary alicyclic amines) is 1. The summed E-state index contributed by atoms with van der Waals surface area (Å²) in [6.45, 7) is 7.68. The molecular formula is C15H22N2O2. The zero-order valence-electron chi connectivity index (χ0n) is 11.9. The predicted octanol–water partition coefficient (Wildman–Crippen LogP) is 2.27. The van der Waals surface area contributed by atoms with Gasteiger partial charge in [-0.25, -0.2) is 0 Å². The molecule has 2 fully saturated rings. The Balaban J connectivity index is 1.73. The van der Waals surface area contributed by atoms with E-state index in [0.717, 1.165) is 42.9 Å². The van der Waals surface area contributed by atoms with Gasteiger partial charge in [-0.05, 0) is 45.6 Å². The molecule has 2 aliphatic rings. The van der Waals surface area contributed by atoms with Crippen molar-refractivity contribution in [2.24, 2.45) is 5.92 Å². The van der Waals surface area contributed by atoms with Crippen LogP contribution in [-0.2, 0) is 4.74 Å². The number of carbonyl (C=O) groups excluding carboxylic acids is 1. The SMILES string of the molecule is Cc1cc(C(=O)N2CC[C@@H]3C[C@@H](C)O[C@H]3C2)c(C)[nH]1. The van der Waals surface area contributed by atoms with E-state index in [1.807, 2.05) is 24.8 Å². The number of nitrogens with one attached hydrogen (secondary N) is 1. The molecule has 3 heterocycles. The third-order valence-corrected chi connectivity index (χ3v) is 4.40. The highest BCUT2D eigenvalue weighted by molar-refractivity contribution is 5.95. The number of ether oxygens (including phenoxy) is 1. The monoisotopic (exact) mass is 262 g/mol. The quantitative estimate of drug-likeness (QED) is 0.844. The molecule has 0 spiro atoms. The van der Waals surface area contributed by atoms with E-state index < -0.39 is 0 Å². The van der Waals surface area contributed by atoms with Crippen molar-refractivity contribution in [3.63, 3.8) is 0 Å². The van der Waals surface area contributed by atoms with Gasteiger partial charge in [0.15, 0.2) is 0 Å². The Morgan fingerprint density at radius 2 is 2.26 bits per heavy atom.